The number of amides is 5. The molecule has 0 aliphatic rings. The van der Waals surface area contributed by atoms with E-state index in [1.807, 2.05) is 13.8 Å². The van der Waals surface area contributed by atoms with Crippen molar-refractivity contribution >= 4 is 35.7 Å². The predicted molar refractivity (Wildman–Crippen MR) is 129 cm³/mol. The van der Waals surface area contributed by atoms with Gasteiger partial charge in [-0.3, -0.25) is 19.2 Å². The molecular weight excluding hydrogens is 476 g/mol. The lowest BCUT2D eigenvalue weighted by atomic mass is 9.99. The first kappa shape index (κ1) is 32.6. The minimum Gasteiger partial charge on any atom is -0.481 e. The van der Waals surface area contributed by atoms with Crippen LogP contribution >= 0.6 is 0 Å². The van der Waals surface area contributed by atoms with Crippen molar-refractivity contribution in [3.63, 3.8) is 0 Å². The molecule has 14 heteroatoms. The summed E-state index contributed by atoms with van der Waals surface area (Å²) < 4.78 is 0. The molecule has 0 fully saturated rings. The average molecular weight is 517 g/mol. The summed E-state index contributed by atoms with van der Waals surface area (Å²) in [6.45, 7) is 7.11. The number of carbonyl (C=O) groups excluding carboxylic acids is 4. The van der Waals surface area contributed by atoms with Crippen LogP contribution in [0.3, 0.4) is 0 Å². The number of carboxylic acid groups (broad SMARTS) is 2. The predicted octanol–water partition coefficient (Wildman–Crippen LogP) is -1.13. The van der Waals surface area contributed by atoms with Gasteiger partial charge in [0.05, 0.1) is 6.04 Å². The van der Waals surface area contributed by atoms with Crippen LogP contribution in [0.1, 0.15) is 59.8 Å². The first-order chi connectivity index (χ1) is 16.6. The van der Waals surface area contributed by atoms with E-state index < -0.39 is 65.8 Å². The van der Waals surface area contributed by atoms with Crippen LogP contribution < -0.4 is 32.7 Å². The summed E-state index contributed by atoms with van der Waals surface area (Å²) in [7, 11) is 0. The number of nitrogens with one attached hydrogen (secondary N) is 4. The zero-order valence-electron chi connectivity index (χ0n) is 21.2. The van der Waals surface area contributed by atoms with Gasteiger partial charge in [0.15, 0.2) is 0 Å². The lowest BCUT2D eigenvalue weighted by Crippen LogP contribution is -2.58. The van der Waals surface area contributed by atoms with Gasteiger partial charge in [-0.1, -0.05) is 27.7 Å². The maximum absolute atomic E-state index is 13.0. The van der Waals surface area contributed by atoms with Crippen LogP contribution in [0.4, 0.5) is 4.79 Å². The van der Waals surface area contributed by atoms with Crippen LogP contribution in [0.25, 0.3) is 0 Å². The third-order valence-electron chi connectivity index (χ3n) is 5.18. The number of urea groups is 1. The van der Waals surface area contributed by atoms with Gasteiger partial charge in [0.2, 0.25) is 17.7 Å². The van der Waals surface area contributed by atoms with Gasteiger partial charge < -0.3 is 42.9 Å². The number of aliphatic carboxylic acids is 2. The third kappa shape index (κ3) is 13.5. The molecule has 0 bridgehead atoms. The van der Waals surface area contributed by atoms with Crippen molar-refractivity contribution in [1.29, 1.82) is 0 Å². The molecule has 0 aromatic heterocycles. The van der Waals surface area contributed by atoms with Gasteiger partial charge in [-0.2, -0.15) is 0 Å². The Labute approximate surface area is 210 Å². The monoisotopic (exact) mass is 516 g/mol. The fourth-order valence-corrected chi connectivity index (χ4v) is 3.22. The van der Waals surface area contributed by atoms with Crippen molar-refractivity contribution in [3.8, 4) is 0 Å². The van der Waals surface area contributed by atoms with Crippen molar-refractivity contribution < 1.29 is 39.0 Å². The highest BCUT2D eigenvalue weighted by Gasteiger charge is 2.32. The first-order valence-corrected chi connectivity index (χ1v) is 11.8. The quantitative estimate of drug-likeness (QED) is 0.109. The summed E-state index contributed by atoms with van der Waals surface area (Å²) in [5.74, 6) is -4.91. The fourth-order valence-electron chi connectivity index (χ4n) is 3.22. The molecule has 14 nitrogen and oxygen atoms in total. The third-order valence-corrected chi connectivity index (χ3v) is 5.18. The first-order valence-electron chi connectivity index (χ1n) is 11.8. The Morgan fingerprint density at radius 2 is 1.39 bits per heavy atom. The SMILES string of the molecule is CC(C)C[C@H](NC(=O)[C@@H](N)CCC(=O)O)C(=O)N[C@H](C(=O)N[C@@H](CCCNC(N)=O)C(=O)O)C(C)C. The average Bonchev–Trinajstić information content (AvgIpc) is 2.75. The van der Waals surface area contributed by atoms with Crippen molar-refractivity contribution in [2.75, 3.05) is 6.54 Å². The van der Waals surface area contributed by atoms with Gasteiger partial charge in [0.25, 0.3) is 0 Å². The molecular formula is C22H40N6O8. The minimum atomic E-state index is -1.28. The molecule has 0 aromatic rings. The lowest BCUT2D eigenvalue weighted by Gasteiger charge is -2.27. The number of primary amides is 1. The van der Waals surface area contributed by atoms with E-state index in [2.05, 4.69) is 21.3 Å². The topological polar surface area (TPSA) is 243 Å². The van der Waals surface area contributed by atoms with Crippen LogP contribution in [0, 0.1) is 11.8 Å². The van der Waals surface area contributed by atoms with E-state index in [9.17, 15) is 33.9 Å². The minimum absolute atomic E-state index is 0.0143. The Bertz CT molecular complexity index is 789. The van der Waals surface area contributed by atoms with Crippen LogP contribution in [-0.2, 0) is 24.0 Å². The van der Waals surface area contributed by atoms with E-state index in [1.165, 1.54) is 0 Å². The molecule has 5 amide bonds. The molecule has 0 aliphatic carbocycles. The molecule has 0 saturated carbocycles. The normalized spacial score (nSPS) is 14.3. The maximum Gasteiger partial charge on any atom is 0.326 e. The largest absolute Gasteiger partial charge is 0.481 e. The molecule has 0 radical (unpaired) electrons. The number of carbonyl (C=O) groups is 6. The van der Waals surface area contributed by atoms with Gasteiger partial charge in [-0.05, 0) is 37.5 Å². The molecule has 36 heavy (non-hydrogen) atoms. The summed E-state index contributed by atoms with van der Waals surface area (Å²) in [4.78, 5) is 71.3. The number of hydrogen-bond acceptors (Lipinski definition) is 7. The van der Waals surface area contributed by atoms with E-state index in [0.717, 1.165) is 0 Å². The van der Waals surface area contributed by atoms with Crippen LogP contribution in [0.5, 0.6) is 0 Å². The van der Waals surface area contributed by atoms with E-state index in [-0.39, 0.29) is 44.6 Å². The summed E-state index contributed by atoms with van der Waals surface area (Å²) in [5.41, 5.74) is 10.7. The van der Waals surface area contributed by atoms with Crippen molar-refractivity contribution in [2.45, 2.75) is 84.0 Å². The molecule has 10 N–H and O–H groups in total. The Balaban J connectivity index is 5.33. The lowest BCUT2D eigenvalue weighted by molar-refractivity contribution is -0.143. The molecule has 4 atom stereocenters. The van der Waals surface area contributed by atoms with Crippen LogP contribution in [-0.4, -0.2) is 76.6 Å². The second kappa shape index (κ2) is 16.3. The molecule has 206 valence electrons. The fraction of sp³-hybridized carbons (Fsp3) is 0.727. The van der Waals surface area contributed by atoms with Gasteiger partial charge in [0.1, 0.15) is 18.1 Å². The highest BCUT2D eigenvalue weighted by Crippen LogP contribution is 2.10. The van der Waals surface area contributed by atoms with E-state index in [1.54, 1.807) is 13.8 Å². The zero-order chi connectivity index (χ0) is 28.0. The summed E-state index contributed by atoms with van der Waals surface area (Å²) in [6.07, 6.45) is 0.0540. The van der Waals surface area contributed by atoms with Gasteiger partial charge >= 0.3 is 18.0 Å². The second-order valence-electron chi connectivity index (χ2n) is 9.29. The Morgan fingerprint density at radius 1 is 0.806 bits per heavy atom. The van der Waals surface area contributed by atoms with E-state index in [0.29, 0.717) is 0 Å². The van der Waals surface area contributed by atoms with E-state index in [4.69, 9.17) is 16.6 Å². The molecule has 0 heterocycles. The number of hydrogen-bond donors (Lipinski definition) is 8. The molecule has 0 spiro atoms. The maximum atomic E-state index is 13.0. The molecule has 0 unspecified atom stereocenters. The second-order valence-corrected chi connectivity index (χ2v) is 9.29. The van der Waals surface area contributed by atoms with Gasteiger partial charge in [0, 0.05) is 13.0 Å². The van der Waals surface area contributed by atoms with Crippen molar-refractivity contribution in [1.82, 2.24) is 21.3 Å². The van der Waals surface area contributed by atoms with Crippen LogP contribution in [0.2, 0.25) is 0 Å². The highest BCUT2D eigenvalue weighted by molar-refractivity contribution is 5.94. The smallest absolute Gasteiger partial charge is 0.326 e. The van der Waals surface area contributed by atoms with Crippen molar-refractivity contribution in [3.05, 3.63) is 0 Å². The molecule has 0 saturated heterocycles. The highest BCUT2D eigenvalue weighted by atomic mass is 16.4. The Hall–Kier alpha value is -3.42. The summed E-state index contributed by atoms with van der Waals surface area (Å²) in [6, 6.07) is -5.29. The van der Waals surface area contributed by atoms with E-state index >= 15 is 0 Å². The van der Waals surface area contributed by atoms with Crippen molar-refractivity contribution in [2.24, 2.45) is 23.3 Å². The Morgan fingerprint density at radius 3 is 1.86 bits per heavy atom. The van der Waals surface area contributed by atoms with Crippen LogP contribution in [0.15, 0.2) is 0 Å². The van der Waals surface area contributed by atoms with Gasteiger partial charge in [-0.25, -0.2) is 9.59 Å². The number of nitrogens with two attached hydrogens (primary N) is 2. The Kier molecular flexibility index (Phi) is 14.7. The number of rotatable bonds is 17. The molecule has 0 aliphatic heterocycles. The summed E-state index contributed by atoms with van der Waals surface area (Å²) in [5, 5.41) is 28.0. The standard InChI is InChI=1S/C22H40N6O8/c1-11(2)10-15(27-18(31)13(23)7-8-16(29)30)19(32)28-17(12(3)4)20(33)26-14(21(34)35)6-5-9-25-22(24)36/h11-15,17H,5-10,23H2,1-4H3,(H,26,33)(H,27,31)(H,28,32)(H,29,30)(H,34,35)(H3,24,25,36)/t13-,14-,15-,17-/m0/s1. The number of carboxylic acids is 2. The summed E-state index contributed by atoms with van der Waals surface area (Å²) >= 11 is 0. The molecule has 0 aromatic carbocycles. The molecule has 0 rings (SSSR count). The van der Waals surface area contributed by atoms with Gasteiger partial charge in [-0.15, -0.1) is 0 Å². The zero-order valence-corrected chi connectivity index (χ0v) is 21.2.